The Bertz CT molecular complexity index is 790. The van der Waals surface area contributed by atoms with Crippen LogP contribution in [0.4, 0.5) is 4.39 Å². The fourth-order valence-corrected chi connectivity index (χ4v) is 3.05. The molecular formula is C21H23FN2O3. The van der Waals surface area contributed by atoms with Crippen molar-refractivity contribution in [3.05, 3.63) is 65.5 Å². The number of nitrogens with one attached hydrogen (secondary N) is 1. The van der Waals surface area contributed by atoms with Crippen LogP contribution in [0.25, 0.3) is 0 Å². The molecule has 3 rings (SSSR count). The molecule has 142 valence electrons. The Morgan fingerprint density at radius 1 is 1.19 bits per heavy atom. The molecule has 5 nitrogen and oxygen atoms in total. The maximum Gasteiger partial charge on any atom is 0.257 e. The van der Waals surface area contributed by atoms with Crippen molar-refractivity contribution in [3.63, 3.8) is 0 Å². The highest BCUT2D eigenvalue weighted by atomic mass is 19.1. The first-order chi connectivity index (χ1) is 13.0. The zero-order chi connectivity index (χ0) is 19.2. The van der Waals surface area contributed by atoms with Crippen LogP contribution in [0.2, 0.25) is 0 Å². The van der Waals surface area contributed by atoms with E-state index in [2.05, 4.69) is 5.32 Å². The Kier molecular flexibility index (Phi) is 6.06. The molecule has 0 bridgehead atoms. The Labute approximate surface area is 158 Å². The van der Waals surface area contributed by atoms with Crippen molar-refractivity contribution in [2.45, 2.75) is 19.9 Å². The highest BCUT2D eigenvalue weighted by Crippen LogP contribution is 2.20. The predicted molar refractivity (Wildman–Crippen MR) is 99.6 cm³/mol. The molecular weight excluding hydrogens is 347 g/mol. The summed E-state index contributed by atoms with van der Waals surface area (Å²) in [6.07, 6.45) is 0.403. The van der Waals surface area contributed by atoms with E-state index in [0.717, 1.165) is 11.1 Å². The monoisotopic (exact) mass is 370 g/mol. The summed E-state index contributed by atoms with van der Waals surface area (Å²) < 4.78 is 18.4. The van der Waals surface area contributed by atoms with Crippen molar-refractivity contribution >= 4 is 11.8 Å². The molecule has 2 amide bonds. The van der Waals surface area contributed by atoms with Gasteiger partial charge in [-0.25, -0.2) is 4.39 Å². The summed E-state index contributed by atoms with van der Waals surface area (Å²) in [5, 5.41) is 2.83. The van der Waals surface area contributed by atoms with Crippen LogP contribution in [0.15, 0.2) is 48.5 Å². The molecule has 1 fully saturated rings. The topological polar surface area (TPSA) is 58.6 Å². The lowest BCUT2D eigenvalue weighted by Gasteiger charge is -2.17. The van der Waals surface area contributed by atoms with Crippen molar-refractivity contribution in [1.82, 2.24) is 10.2 Å². The van der Waals surface area contributed by atoms with Crippen molar-refractivity contribution in [3.8, 4) is 5.75 Å². The zero-order valence-corrected chi connectivity index (χ0v) is 15.3. The summed E-state index contributed by atoms with van der Waals surface area (Å²) in [7, 11) is 0. The SMILES string of the molecule is Cc1ccc(OCC(=O)NCC2CC(=O)N(Cc3ccc(F)cc3)C2)cc1. The third-order valence-electron chi connectivity index (χ3n) is 4.56. The second-order valence-corrected chi connectivity index (χ2v) is 6.88. The Morgan fingerprint density at radius 2 is 1.89 bits per heavy atom. The molecule has 1 atom stereocenters. The summed E-state index contributed by atoms with van der Waals surface area (Å²) in [6, 6.07) is 13.6. The Hall–Kier alpha value is -2.89. The van der Waals surface area contributed by atoms with Crippen LogP contribution < -0.4 is 10.1 Å². The fraction of sp³-hybridized carbons (Fsp3) is 0.333. The van der Waals surface area contributed by atoms with Crippen molar-refractivity contribution in [2.75, 3.05) is 19.7 Å². The third-order valence-corrected chi connectivity index (χ3v) is 4.56. The van der Waals surface area contributed by atoms with E-state index >= 15 is 0 Å². The molecule has 0 saturated carbocycles. The largest absolute Gasteiger partial charge is 0.484 e. The molecule has 1 saturated heterocycles. The van der Waals surface area contributed by atoms with Crippen LogP contribution in [-0.4, -0.2) is 36.4 Å². The highest BCUT2D eigenvalue weighted by Gasteiger charge is 2.29. The van der Waals surface area contributed by atoms with Gasteiger partial charge in [0.25, 0.3) is 5.91 Å². The predicted octanol–water partition coefficient (Wildman–Crippen LogP) is 2.68. The second kappa shape index (κ2) is 8.66. The lowest BCUT2D eigenvalue weighted by Crippen LogP contribution is -2.34. The number of halogens is 1. The average Bonchev–Trinajstić information content (AvgIpc) is 3.01. The van der Waals surface area contributed by atoms with Gasteiger partial charge in [0.2, 0.25) is 5.91 Å². The molecule has 6 heteroatoms. The van der Waals surface area contributed by atoms with Gasteiger partial charge in [-0.05, 0) is 36.8 Å². The van der Waals surface area contributed by atoms with Crippen LogP contribution >= 0.6 is 0 Å². The minimum atomic E-state index is -0.292. The van der Waals surface area contributed by atoms with Crippen molar-refractivity contribution in [1.29, 1.82) is 0 Å². The molecule has 1 aliphatic rings. The molecule has 0 aromatic heterocycles. The number of rotatable bonds is 7. The number of benzene rings is 2. The number of hydrogen-bond donors (Lipinski definition) is 1. The molecule has 0 radical (unpaired) electrons. The van der Waals surface area contributed by atoms with Gasteiger partial charge in [-0.15, -0.1) is 0 Å². The van der Waals surface area contributed by atoms with Gasteiger partial charge in [-0.1, -0.05) is 29.8 Å². The van der Waals surface area contributed by atoms with Gasteiger partial charge < -0.3 is 15.0 Å². The van der Waals surface area contributed by atoms with Gasteiger partial charge in [0.1, 0.15) is 11.6 Å². The summed E-state index contributed by atoms with van der Waals surface area (Å²) in [5.74, 6) is 0.271. The Balaban J connectivity index is 1.40. The number of carbonyl (C=O) groups excluding carboxylic acids is 2. The maximum absolute atomic E-state index is 13.0. The Morgan fingerprint density at radius 3 is 2.59 bits per heavy atom. The number of carbonyl (C=O) groups is 2. The number of likely N-dealkylation sites (tertiary alicyclic amines) is 1. The smallest absolute Gasteiger partial charge is 0.257 e. The molecule has 2 aromatic carbocycles. The molecule has 1 heterocycles. The molecule has 1 N–H and O–H groups in total. The van der Waals surface area contributed by atoms with E-state index in [1.165, 1.54) is 12.1 Å². The molecule has 0 aliphatic carbocycles. The lowest BCUT2D eigenvalue weighted by atomic mass is 10.1. The summed E-state index contributed by atoms with van der Waals surface area (Å²) in [4.78, 5) is 25.9. The molecule has 1 unspecified atom stereocenters. The summed E-state index contributed by atoms with van der Waals surface area (Å²) in [5.41, 5.74) is 2.02. The number of hydrogen-bond acceptors (Lipinski definition) is 3. The van der Waals surface area contributed by atoms with E-state index in [1.54, 1.807) is 17.0 Å². The van der Waals surface area contributed by atoms with Gasteiger partial charge in [0, 0.05) is 32.0 Å². The van der Waals surface area contributed by atoms with Gasteiger partial charge in [-0.2, -0.15) is 0 Å². The van der Waals surface area contributed by atoms with E-state index in [-0.39, 0.29) is 30.2 Å². The van der Waals surface area contributed by atoms with Crippen molar-refractivity contribution in [2.24, 2.45) is 5.92 Å². The first kappa shape index (κ1) is 18.9. The number of nitrogens with zero attached hydrogens (tertiary/aromatic N) is 1. The van der Waals surface area contributed by atoms with E-state index in [0.29, 0.717) is 31.8 Å². The van der Waals surface area contributed by atoms with Crippen LogP contribution in [-0.2, 0) is 16.1 Å². The van der Waals surface area contributed by atoms with Gasteiger partial charge in [0.05, 0.1) is 0 Å². The first-order valence-corrected chi connectivity index (χ1v) is 8.98. The highest BCUT2D eigenvalue weighted by molar-refractivity contribution is 5.79. The third kappa shape index (κ3) is 5.54. The first-order valence-electron chi connectivity index (χ1n) is 8.98. The number of ether oxygens (including phenoxy) is 1. The quantitative estimate of drug-likeness (QED) is 0.815. The normalized spacial score (nSPS) is 16.4. The van der Waals surface area contributed by atoms with E-state index in [9.17, 15) is 14.0 Å². The van der Waals surface area contributed by atoms with Gasteiger partial charge in [0.15, 0.2) is 6.61 Å². The summed E-state index contributed by atoms with van der Waals surface area (Å²) in [6.45, 7) is 3.40. The summed E-state index contributed by atoms with van der Waals surface area (Å²) >= 11 is 0. The van der Waals surface area contributed by atoms with Crippen molar-refractivity contribution < 1.29 is 18.7 Å². The lowest BCUT2D eigenvalue weighted by molar-refractivity contribution is -0.128. The standard InChI is InChI=1S/C21H23FN2O3/c1-15-2-8-19(9-3-15)27-14-20(25)23-11-17-10-21(26)24(13-17)12-16-4-6-18(22)7-5-16/h2-9,17H,10-14H2,1H3,(H,23,25). The maximum atomic E-state index is 13.0. The molecule has 27 heavy (non-hydrogen) atoms. The minimum absolute atomic E-state index is 0.0504. The van der Waals surface area contributed by atoms with Crippen LogP contribution in [0.5, 0.6) is 5.75 Å². The van der Waals surface area contributed by atoms with Gasteiger partial charge >= 0.3 is 0 Å². The van der Waals surface area contributed by atoms with Crippen LogP contribution in [0.3, 0.4) is 0 Å². The molecule has 1 aliphatic heterocycles. The molecule has 0 spiro atoms. The zero-order valence-electron chi connectivity index (χ0n) is 15.3. The van der Waals surface area contributed by atoms with E-state index in [4.69, 9.17) is 4.74 Å². The van der Waals surface area contributed by atoms with Gasteiger partial charge in [-0.3, -0.25) is 9.59 Å². The second-order valence-electron chi connectivity index (χ2n) is 6.88. The average molecular weight is 370 g/mol. The number of amides is 2. The molecule has 2 aromatic rings. The minimum Gasteiger partial charge on any atom is -0.484 e. The number of aryl methyl sites for hydroxylation is 1. The van der Waals surface area contributed by atoms with Crippen LogP contribution in [0.1, 0.15) is 17.5 Å². The van der Waals surface area contributed by atoms with E-state index in [1.807, 2.05) is 31.2 Å². The van der Waals surface area contributed by atoms with Crippen LogP contribution in [0, 0.1) is 18.7 Å². The van der Waals surface area contributed by atoms with E-state index < -0.39 is 0 Å². The fourth-order valence-electron chi connectivity index (χ4n) is 3.05.